The SMILES string of the molecule is CC(C)c1nnc(NC(=O)COc2ccc(Cl)c3cccnc23)s1. The van der Waals surface area contributed by atoms with Crippen LogP contribution in [0, 0.1) is 0 Å². The van der Waals surface area contributed by atoms with E-state index >= 15 is 0 Å². The van der Waals surface area contributed by atoms with Crippen LogP contribution in [0.25, 0.3) is 10.9 Å². The van der Waals surface area contributed by atoms with Crippen molar-refractivity contribution in [1.29, 1.82) is 0 Å². The Morgan fingerprint density at radius 2 is 2.17 bits per heavy atom. The lowest BCUT2D eigenvalue weighted by molar-refractivity contribution is -0.118. The van der Waals surface area contributed by atoms with E-state index in [2.05, 4.69) is 20.5 Å². The fourth-order valence-electron chi connectivity index (χ4n) is 2.05. The first kappa shape index (κ1) is 16.6. The zero-order chi connectivity index (χ0) is 17.1. The van der Waals surface area contributed by atoms with Crippen LogP contribution >= 0.6 is 22.9 Å². The molecule has 24 heavy (non-hydrogen) atoms. The Bertz CT molecular complexity index is 881. The van der Waals surface area contributed by atoms with Crippen molar-refractivity contribution in [3.05, 3.63) is 40.5 Å². The van der Waals surface area contributed by atoms with Crippen LogP contribution in [0.2, 0.25) is 5.02 Å². The molecule has 3 aromatic rings. The van der Waals surface area contributed by atoms with Gasteiger partial charge in [0.15, 0.2) is 6.61 Å². The maximum Gasteiger partial charge on any atom is 0.264 e. The highest BCUT2D eigenvalue weighted by molar-refractivity contribution is 7.15. The third kappa shape index (κ3) is 3.63. The van der Waals surface area contributed by atoms with Crippen LogP contribution < -0.4 is 10.1 Å². The Labute approximate surface area is 147 Å². The molecule has 0 radical (unpaired) electrons. The van der Waals surface area contributed by atoms with Crippen LogP contribution in [0.3, 0.4) is 0 Å². The van der Waals surface area contributed by atoms with Gasteiger partial charge >= 0.3 is 0 Å². The number of halogens is 1. The lowest BCUT2D eigenvalue weighted by atomic mass is 10.2. The van der Waals surface area contributed by atoms with Crippen LogP contribution in [0.15, 0.2) is 30.5 Å². The van der Waals surface area contributed by atoms with Crippen LogP contribution in [-0.4, -0.2) is 27.7 Å². The number of nitrogens with one attached hydrogen (secondary N) is 1. The van der Waals surface area contributed by atoms with Gasteiger partial charge in [0.05, 0.1) is 5.02 Å². The summed E-state index contributed by atoms with van der Waals surface area (Å²) in [5.41, 5.74) is 0.621. The summed E-state index contributed by atoms with van der Waals surface area (Å²) in [6.45, 7) is 3.89. The van der Waals surface area contributed by atoms with Crippen LogP contribution in [0.4, 0.5) is 5.13 Å². The number of amides is 1. The molecule has 0 bridgehead atoms. The fourth-order valence-corrected chi connectivity index (χ4v) is 3.02. The minimum atomic E-state index is -0.305. The molecule has 0 unspecified atom stereocenters. The molecule has 0 saturated carbocycles. The summed E-state index contributed by atoms with van der Waals surface area (Å²) in [7, 11) is 0. The fraction of sp³-hybridized carbons (Fsp3) is 0.250. The monoisotopic (exact) mass is 362 g/mol. The lowest BCUT2D eigenvalue weighted by Crippen LogP contribution is -2.20. The summed E-state index contributed by atoms with van der Waals surface area (Å²) >= 11 is 7.49. The number of hydrogen-bond acceptors (Lipinski definition) is 6. The molecule has 0 fully saturated rings. The Hall–Kier alpha value is -2.25. The molecule has 0 aliphatic heterocycles. The lowest BCUT2D eigenvalue weighted by Gasteiger charge is -2.09. The number of ether oxygens (including phenoxy) is 1. The van der Waals surface area contributed by atoms with E-state index in [1.54, 1.807) is 24.4 Å². The highest BCUT2D eigenvalue weighted by atomic mass is 35.5. The number of pyridine rings is 1. The van der Waals surface area contributed by atoms with Crippen molar-refractivity contribution in [1.82, 2.24) is 15.2 Å². The van der Waals surface area contributed by atoms with Gasteiger partial charge in [0.25, 0.3) is 5.91 Å². The number of hydrogen-bond donors (Lipinski definition) is 1. The van der Waals surface area contributed by atoms with E-state index in [0.29, 0.717) is 21.4 Å². The van der Waals surface area contributed by atoms with Gasteiger partial charge < -0.3 is 4.74 Å². The predicted molar refractivity (Wildman–Crippen MR) is 94.9 cm³/mol. The number of nitrogens with zero attached hydrogens (tertiary/aromatic N) is 3. The van der Waals surface area contributed by atoms with Gasteiger partial charge in [-0.1, -0.05) is 36.8 Å². The van der Waals surface area contributed by atoms with Crippen molar-refractivity contribution in [3.63, 3.8) is 0 Å². The Kier molecular flexibility index (Phi) is 4.92. The zero-order valence-electron chi connectivity index (χ0n) is 13.1. The number of carbonyl (C=O) groups is 1. The highest BCUT2D eigenvalue weighted by Gasteiger charge is 2.12. The van der Waals surface area contributed by atoms with E-state index in [1.165, 1.54) is 11.3 Å². The maximum absolute atomic E-state index is 12.0. The molecule has 1 N–H and O–H groups in total. The van der Waals surface area contributed by atoms with Gasteiger partial charge in [0.1, 0.15) is 16.3 Å². The zero-order valence-corrected chi connectivity index (χ0v) is 14.7. The Balaban J connectivity index is 1.67. The molecule has 2 aromatic heterocycles. The average molecular weight is 363 g/mol. The molecule has 3 rings (SSSR count). The van der Waals surface area contributed by atoms with Gasteiger partial charge in [0.2, 0.25) is 5.13 Å². The van der Waals surface area contributed by atoms with Crippen molar-refractivity contribution in [3.8, 4) is 5.75 Å². The van der Waals surface area contributed by atoms with E-state index in [0.717, 1.165) is 10.4 Å². The molecule has 0 aliphatic rings. The van der Waals surface area contributed by atoms with Crippen molar-refractivity contribution < 1.29 is 9.53 Å². The smallest absolute Gasteiger partial charge is 0.264 e. The van der Waals surface area contributed by atoms with E-state index in [-0.39, 0.29) is 18.4 Å². The third-order valence-electron chi connectivity index (χ3n) is 3.22. The van der Waals surface area contributed by atoms with Crippen molar-refractivity contribution >= 4 is 44.9 Å². The molecule has 1 amide bonds. The quantitative estimate of drug-likeness (QED) is 0.745. The Morgan fingerprint density at radius 3 is 2.92 bits per heavy atom. The van der Waals surface area contributed by atoms with Crippen LogP contribution in [0.5, 0.6) is 5.75 Å². The van der Waals surface area contributed by atoms with Crippen LogP contribution in [-0.2, 0) is 4.79 Å². The van der Waals surface area contributed by atoms with Crippen LogP contribution in [0.1, 0.15) is 24.8 Å². The second-order valence-corrected chi connectivity index (χ2v) is 6.80. The normalized spacial score (nSPS) is 11.0. The number of benzene rings is 1. The molecule has 0 aliphatic carbocycles. The second kappa shape index (κ2) is 7.11. The molecule has 6 nitrogen and oxygen atoms in total. The van der Waals surface area contributed by atoms with E-state index in [1.807, 2.05) is 19.9 Å². The largest absolute Gasteiger partial charge is 0.481 e. The van der Waals surface area contributed by atoms with Gasteiger partial charge in [-0.25, -0.2) is 0 Å². The number of carbonyl (C=O) groups excluding carboxylic acids is 1. The van der Waals surface area contributed by atoms with Gasteiger partial charge in [-0.2, -0.15) is 0 Å². The summed E-state index contributed by atoms with van der Waals surface area (Å²) in [6.07, 6.45) is 1.65. The number of rotatable bonds is 5. The van der Waals surface area contributed by atoms with Gasteiger partial charge in [0, 0.05) is 17.5 Å². The van der Waals surface area contributed by atoms with E-state index in [4.69, 9.17) is 16.3 Å². The second-order valence-electron chi connectivity index (χ2n) is 5.38. The molecule has 0 spiro atoms. The molecule has 2 heterocycles. The van der Waals surface area contributed by atoms with Crippen molar-refractivity contribution in [2.75, 3.05) is 11.9 Å². The first-order valence-electron chi connectivity index (χ1n) is 7.34. The van der Waals surface area contributed by atoms with E-state index < -0.39 is 0 Å². The van der Waals surface area contributed by atoms with Gasteiger partial charge in [-0.3, -0.25) is 15.1 Å². The van der Waals surface area contributed by atoms with Gasteiger partial charge in [-0.05, 0) is 24.3 Å². The van der Waals surface area contributed by atoms with Gasteiger partial charge in [-0.15, -0.1) is 10.2 Å². The molecule has 124 valence electrons. The minimum Gasteiger partial charge on any atom is -0.481 e. The van der Waals surface area contributed by atoms with Crippen molar-refractivity contribution in [2.24, 2.45) is 0 Å². The molecule has 1 aromatic carbocycles. The first-order chi connectivity index (χ1) is 11.5. The minimum absolute atomic E-state index is 0.149. The average Bonchev–Trinajstić information content (AvgIpc) is 3.03. The predicted octanol–water partition coefficient (Wildman–Crippen LogP) is 3.88. The number of fused-ring (bicyclic) bond motifs is 1. The molecule has 0 atom stereocenters. The summed E-state index contributed by atoms with van der Waals surface area (Å²) in [6, 6.07) is 7.07. The summed E-state index contributed by atoms with van der Waals surface area (Å²) < 4.78 is 5.59. The number of aromatic nitrogens is 3. The summed E-state index contributed by atoms with van der Waals surface area (Å²) in [4.78, 5) is 16.3. The maximum atomic E-state index is 12.0. The standard InChI is InChI=1S/C16H15ClN4O2S/c1-9(2)15-20-21-16(24-15)19-13(22)8-23-12-6-5-11(17)10-4-3-7-18-14(10)12/h3-7,9H,8H2,1-2H3,(H,19,21,22). The molecular formula is C16H15ClN4O2S. The summed E-state index contributed by atoms with van der Waals surface area (Å²) in [5.74, 6) is 0.474. The first-order valence-corrected chi connectivity index (χ1v) is 8.53. The number of anilines is 1. The van der Waals surface area contributed by atoms with E-state index in [9.17, 15) is 4.79 Å². The highest BCUT2D eigenvalue weighted by Crippen LogP contribution is 2.29. The third-order valence-corrected chi connectivity index (χ3v) is 4.69. The molecule has 0 saturated heterocycles. The molecule has 8 heteroatoms. The topological polar surface area (TPSA) is 77.0 Å². The summed E-state index contributed by atoms with van der Waals surface area (Å²) in [5, 5.41) is 13.4. The van der Waals surface area contributed by atoms with Crippen molar-refractivity contribution in [2.45, 2.75) is 19.8 Å². The Morgan fingerprint density at radius 1 is 1.33 bits per heavy atom. The molecular weight excluding hydrogens is 348 g/mol.